The monoisotopic (exact) mass is 235 g/mol. The second kappa shape index (κ2) is 5.65. The van der Waals surface area contributed by atoms with E-state index < -0.39 is 6.09 Å². The van der Waals surface area contributed by atoms with Gasteiger partial charge in [-0.3, -0.25) is 5.43 Å². The number of hydrazine groups is 1. The standard InChI is InChI=1S/C12H17N3O2/c1-9-7-13-15-11(9)14-12(16)17-8-10-5-3-2-4-6-10/h2-6,9,11,13,15H,7-8H2,1H3,(H,14,16). The van der Waals surface area contributed by atoms with Crippen LogP contribution in [0.4, 0.5) is 4.79 Å². The van der Waals surface area contributed by atoms with Gasteiger partial charge in [0.25, 0.3) is 0 Å². The Kier molecular flexibility index (Phi) is 3.95. The summed E-state index contributed by atoms with van der Waals surface area (Å²) in [6, 6.07) is 9.61. The maximum Gasteiger partial charge on any atom is 0.408 e. The number of carbonyl (C=O) groups excluding carboxylic acids is 1. The first-order chi connectivity index (χ1) is 8.25. The highest BCUT2D eigenvalue weighted by Gasteiger charge is 2.24. The van der Waals surface area contributed by atoms with Crippen molar-refractivity contribution in [3.63, 3.8) is 0 Å². The Balaban J connectivity index is 1.74. The SMILES string of the molecule is CC1CNNC1NC(=O)OCc1ccccc1. The zero-order valence-corrected chi connectivity index (χ0v) is 9.77. The van der Waals surface area contributed by atoms with E-state index in [1.807, 2.05) is 30.3 Å². The number of benzene rings is 1. The normalized spacial score (nSPS) is 23.4. The minimum atomic E-state index is -0.401. The van der Waals surface area contributed by atoms with Gasteiger partial charge >= 0.3 is 6.09 Å². The molecule has 92 valence electrons. The Morgan fingerprint density at radius 3 is 2.88 bits per heavy atom. The van der Waals surface area contributed by atoms with Crippen molar-refractivity contribution in [1.29, 1.82) is 0 Å². The van der Waals surface area contributed by atoms with Crippen molar-refractivity contribution in [2.45, 2.75) is 19.7 Å². The molecule has 5 nitrogen and oxygen atoms in total. The van der Waals surface area contributed by atoms with Crippen LogP contribution in [0, 0.1) is 5.92 Å². The lowest BCUT2D eigenvalue weighted by Crippen LogP contribution is -2.46. The van der Waals surface area contributed by atoms with Crippen molar-refractivity contribution >= 4 is 6.09 Å². The van der Waals surface area contributed by atoms with Crippen LogP contribution in [-0.2, 0) is 11.3 Å². The van der Waals surface area contributed by atoms with E-state index in [4.69, 9.17) is 4.74 Å². The number of alkyl carbamates (subject to hydrolysis) is 1. The van der Waals surface area contributed by atoms with E-state index in [-0.39, 0.29) is 6.17 Å². The van der Waals surface area contributed by atoms with Crippen LogP contribution in [0.5, 0.6) is 0 Å². The van der Waals surface area contributed by atoms with Crippen molar-refractivity contribution in [3.8, 4) is 0 Å². The Bertz CT molecular complexity index is 369. The second-order valence-electron chi connectivity index (χ2n) is 4.19. The zero-order chi connectivity index (χ0) is 12.1. The van der Waals surface area contributed by atoms with Gasteiger partial charge in [0.1, 0.15) is 6.61 Å². The molecule has 1 aromatic carbocycles. The molecule has 0 aromatic heterocycles. The largest absolute Gasteiger partial charge is 0.445 e. The molecule has 1 aromatic rings. The highest BCUT2D eigenvalue weighted by atomic mass is 16.5. The van der Waals surface area contributed by atoms with Crippen molar-refractivity contribution in [2.24, 2.45) is 5.92 Å². The Morgan fingerprint density at radius 1 is 1.47 bits per heavy atom. The van der Waals surface area contributed by atoms with E-state index in [1.165, 1.54) is 0 Å². The van der Waals surface area contributed by atoms with Gasteiger partial charge in [0.15, 0.2) is 0 Å². The molecule has 3 N–H and O–H groups in total. The Morgan fingerprint density at radius 2 is 2.24 bits per heavy atom. The molecule has 1 aliphatic heterocycles. The quantitative estimate of drug-likeness (QED) is 0.731. The summed E-state index contributed by atoms with van der Waals surface area (Å²) in [4.78, 5) is 11.5. The number of hydrogen-bond acceptors (Lipinski definition) is 4. The summed E-state index contributed by atoms with van der Waals surface area (Å²) in [5, 5.41) is 2.76. The lowest BCUT2D eigenvalue weighted by molar-refractivity contribution is 0.132. The van der Waals surface area contributed by atoms with Crippen LogP contribution in [0.2, 0.25) is 0 Å². The molecule has 0 saturated carbocycles. The topological polar surface area (TPSA) is 62.4 Å². The van der Waals surface area contributed by atoms with Crippen LogP contribution >= 0.6 is 0 Å². The molecule has 0 bridgehead atoms. The average Bonchev–Trinajstić information content (AvgIpc) is 2.74. The van der Waals surface area contributed by atoms with Gasteiger partial charge in [-0.2, -0.15) is 0 Å². The van der Waals surface area contributed by atoms with Gasteiger partial charge in [0.05, 0.1) is 6.17 Å². The first-order valence-electron chi connectivity index (χ1n) is 5.71. The van der Waals surface area contributed by atoms with Gasteiger partial charge < -0.3 is 10.1 Å². The lowest BCUT2D eigenvalue weighted by atomic mass is 10.1. The maximum atomic E-state index is 11.5. The van der Waals surface area contributed by atoms with E-state index in [2.05, 4.69) is 23.1 Å². The molecule has 1 amide bonds. The molecule has 17 heavy (non-hydrogen) atoms. The predicted octanol–water partition coefficient (Wildman–Crippen LogP) is 0.983. The smallest absolute Gasteiger partial charge is 0.408 e. The van der Waals surface area contributed by atoms with E-state index >= 15 is 0 Å². The van der Waals surface area contributed by atoms with Crippen molar-refractivity contribution in [3.05, 3.63) is 35.9 Å². The molecule has 0 radical (unpaired) electrons. The van der Waals surface area contributed by atoms with Crippen LogP contribution in [0.3, 0.4) is 0 Å². The third kappa shape index (κ3) is 3.44. The molecule has 2 atom stereocenters. The van der Waals surface area contributed by atoms with E-state index in [1.54, 1.807) is 0 Å². The lowest BCUT2D eigenvalue weighted by Gasteiger charge is -2.16. The van der Waals surface area contributed by atoms with Gasteiger partial charge in [-0.1, -0.05) is 37.3 Å². The third-order valence-electron chi connectivity index (χ3n) is 2.74. The number of amides is 1. The van der Waals surface area contributed by atoms with Crippen LogP contribution < -0.4 is 16.2 Å². The number of carbonyl (C=O) groups is 1. The third-order valence-corrected chi connectivity index (χ3v) is 2.74. The summed E-state index contributed by atoms with van der Waals surface area (Å²) in [5.41, 5.74) is 6.93. The summed E-state index contributed by atoms with van der Waals surface area (Å²) in [5.74, 6) is 0.347. The summed E-state index contributed by atoms with van der Waals surface area (Å²) in [6.07, 6.45) is -0.472. The molecule has 2 rings (SSSR count). The van der Waals surface area contributed by atoms with Crippen molar-refractivity contribution < 1.29 is 9.53 Å². The highest BCUT2D eigenvalue weighted by Crippen LogP contribution is 2.04. The highest BCUT2D eigenvalue weighted by molar-refractivity contribution is 5.67. The first kappa shape index (κ1) is 11.9. The average molecular weight is 235 g/mol. The molecule has 0 aliphatic carbocycles. The second-order valence-corrected chi connectivity index (χ2v) is 4.19. The van der Waals surface area contributed by atoms with E-state index in [9.17, 15) is 4.79 Å². The van der Waals surface area contributed by atoms with Crippen LogP contribution in [0.25, 0.3) is 0 Å². The molecule has 5 heteroatoms. The van der Waals surface area contributed by atoms with Gasteiger partial charge in [-0.15, -0.1) is 0 Å². The predicted molar refractivity (Wildman–Crippen MR) is 63.9 cm³/mol. The molecule has 1 aliphatic rings. The minimum absolute atomic E-state index is 0.0710. The Hall–Kier alpha value is -1.59. The van der Waals surface area contributed by atoms with Crippen molar-refractivity contribution in [2.75, 3.05) is 6.54 Å². The molecule has 1 heterocycles. The number of ether oxygens (including phenoxy) is 1. The summed E-state index contributed by atoms with van der Waals surface area (Å²) < 4.78 is 5.12. The fourth-order valence-electron chi connectivity index (χ4n) is 1.66. The molecule has 1 fully saturated rings. The van der Waals surface area contributed by atoms with E-state index in [0.717, 1.165) is 12.1 Å². The molecular formula is C12H17N3O2. The maximum absolute atomic E-state index is 11.5. The molecule has 0 spiro atoms. The summed E-state index contributed by atoms with van der Waals surface area (Å²) >= 11 is 0. The van der Waals surface area contributed by atoms with Gasteiger partial charge in [0, 0.05) is 12.5 Å². The van der Waals surface area contributed by atoms with Crippen LogP contribution in [-0.4, -0.2) is 18.8 Å². The van der Waals surface area contributed by atoms with E-state index in [0.29, 0.717) is 12.5 Å². The number of nitrogens with one attached hydrogen (secondary N) is 3. The van der Waals surface area contributed by atoms with Crippen molar-refractivity contribution in [1.82, 2.24) is 16.2 Å². The molecular weight excluding hydrogens is 218 g/mol. The fraction of sp³-hybridized carbons (Fsp3) is 0.417. The van der Waals surface area contributed by atoms with Gasteiger partial charge in [0.2, 0.25) is 0 Å². The van der Waals surface area contributed by atoms with Crippen LogP contribution in [0.1, 0.15) is 12.5 Å². The molecule has 2 unspecified atom stereocenters. The molecule has 1 saturated heterocycles. The minimum Gasteiger partial charge on any atom is -0.445 e. The first-order valence-corrected chi connectivity index (χ1v) is 5.71. The van der Waals surface area contributed by atoms with Gasteiger partial charge in [-0.05, 0) is 5.56 Å². The number of hydrogen-bond donors (Lipinski definition) is 3. The Labute approximate surface area is 101 Å². The van der Waals surface area contributed by atoms with Crippen LogP contribution in [0.15, 0.2) is 30.3 Å². The zero-order valence-electron chi connectivity index (χ0n) is 9.77. The summed E-state index contributed by atoms with van der Waals surface area (Å²) in [6.45, 7) is 3.18. The fourth-order valence-corrected chi connectivity index (χ4v) is 1.66. The summed E-state index contributed by atoms with van der Waals surface area (Å²) in [7, 11) is 0. The van der Waals surface area contributed by atoms with Gasteiger partial charge in [-0.25, -0.2) is 10.2 Å². The number of rotatable bonds is 3.